The van der Waals surface area contributed by atoms with E-state index >= 15 is 0 Å². The lowest BCUT2D eigenvalue weighted by atomic mass is 11.3. The average molecular weight is 181 g/mol. The molecule has 62 valence electrons. The number of amides is 1. The number of carbonyl (C=O) groups is 1. The van der Waals surface area contributed by atoms with Crippen molar-refractivity contribution in [2.24, 2.45) is 5.73 Å². The second-order valence-corrected chi connectivity index (χ2v) is 8.51. The summed E-state index contributed by atoms with van der Waals surface area (Å²) in [6.07, 6.45) is -1.33. The van der Waals surface area contributed by atoms with Gasteiger partial charge < -0.3 is 15.0 Å². The van der Waals surface area contributed by atoms with Crippen molar-refractivity contribution >= 4 is 24.9 Å². The Morgan fingerprint density at radius 2 is 1.70 bits per heavy atom. The Hall–Kier alpha value is -0.336. The zero-order valence-corrected chi connectivity index (χ0v) is 9.84. The summed E-state index contributed by atoms with van der Waals surface area (Å²) in [5, 5.41) is 7.19. The van der Waals surface area contributed by atoms with Gasteiger partial charge in [-0.15, -0.1) is 0 Å². The molecule has 3 N–H and O–H groups in total. The number of rotatable bonds is 1. The first-order valence-corrected chi connectivity index (χ1v) is 7.05. The molecule has 0 aliphatic rings. The van der Waals surface area contributed by atoms with Crippen LogP contribution in [0.15, 0.2) is 0 Å². The summed E-state index contributed by atoms with van der Waals surface area (Å²) >= 11 is 0. The molecular formula is C4H15NO3Si2. The maximum absolute atomic E-state index is 8.78. The van der Waals surface area contributed by atoms with Crippen molar-refractivity contribution in [1.29, 1.82) is 0 Å². The van der Waals surface area contributed by atoms with E-state index in [4.69, 9.17) is 14.0 Å². The first-order valence-electron chi connectivity index (χ1n) is 2.83. The lowest BCUT2D eigenvalue weighted by Gasteiger charge is -2.11. The van der Waals surface area contributed by atoms with Crippen LogP contribution in [0.4, 0.5) is 4.79 Å². The van der Waals surface area contributed by atoms with E-state index in [0.29, 0.717) is 0 Å². The summed E-state index contributed by atoms with van der Waals surface area (Å²) in [7, 11) is -0.160. The highest BCUT2D eigenvalue weighted by atomic mass is 28.4. The van der Waals surface area contributed by atoms with E-state index in [1.807, 2.05) is 0 Å². The summed E-state index contributed by atoms with van der Waals surface area (Å²) in [5.41, 5.74) is 4.03. The van der Waals surface area contributed by atoms with Gasteiger partial charge in [-0.1, -0.05) is 0 Å². The van der Waals surface area contributed by atoms with Gasteiger partial charge in [-0.3, -0.25) is 0 Å². The van der Waals surface area contributed by atoms with Gasteiger partial charge in [-0.05, 0) is 19.6 Å². The molecule has 0 heterocycles. The Balaban J connectivity index is 0. The second-order valence-electron chi connectivity index (χ2n) is 2.65. The smallest absolute Gasteiger partial charge is 0.402 e. The number of hydrogen-bond donors (Lipinski definition) is 2. The van der Waals surface area contributed by atoms with E-state index < -0.39 is 14.4 Å². The second kappa shape index (κ2) is 5.45. The summed E-state index contributed by atoms with van der Waals surface area (Å²) in [5.74, 6) is 0. The topological polar surface area (TPSA) is 72.5 Å². The van der Waals surface area contributed by atoms with Crippen molar-refractivity contribution in [2.45, 2.75) is 19.6 Å². The van der Waals surface area contributed by atoms with Crippen LogP contribution in [0.3, 0.4) is 0 Å². The SMILES string of the molecule is C[Si](C)(C)O[SiH3].NC(=O)O. The lowest BCUT2D eigenvalue weighted by Crippen LogP contribution is -2.23. The largest absolute Gasteiger partial charge is 0.465 e. The first-order chi connectivity index (χ1) is 4.29. The zero-order chi connectivity index (χ0) is 8.78. The third-order valence-electron chi connectivity index (χ3n) is 0.612. The molecule has 0 saturated carbocycles. The maximum atomic E-state index is 8.78. The quantitative estimate of drug-likeness (QED) is 0.548. The van der Waals surface area contributed by atoms with Crippen molar-refractivity contribution in [1.82, 2.24) is 0 Å². The number of primary amides is 1. The van der Waals surface area contributed by atoms with Gasteiger partial charge in [0.15, 0.2) is 8.32 Å². The van der Waals surface area contributed by atoms with Crippen LogP contribution in [0.2, 0.25) is 19.6 Å². The van der Waals surface area contributed by atoms with Crippen molar-refractivity contribution in [3.05, 3.63) is 0 Å². The third kappa shape index (κ3) is 48.0. The molecule has 0 unspecified atom stereocenters. The molecular weight excluding hydrogens is 166 g/mol. The van der Waals surface area contributed by atoms with Crippen molar-refractivity contribution in [3.63, 3.8) is 0 Å². The molecule has 10 heavy (non-hydrogen) atoms. The van der Waals surface area contributed by atoms with Gasteiger partial charge in [0.05, 0.1) is 0 Å². The Bertz CT molecular complexity index is 97.2. The van der Waals surface area contributed by atoms with E-state index in [0.717, 1.165) is 10.5 Å². The average Bonchev–Trinajstić information content (AvgIpc) is 1.63. The van der Waals surface area contributed by atoms with Gasteiger partial charge in [0.25, 0.3) is 0 Å². The van der Waals surface area contributed by atoms with Crippen LogP contribution in [0.25, 0.3) is 0 Å². The molecule has 0 fully saturated rings. The molecule has 0 aromatic rings. The van der Waals surface area contributed by atoms with Crippen molar-refractivity contribution in [3.8, 4) is 0 Å². The van der Waals surface area contributed by atoms with E-state index in [-0.39, 0.29) is 0 Å². The van der Waals surface area contributed by atoms with E-state index in [2.05, 4.69) is 25.4 Å². The summed E-state index contributed by atoms with van der Waals surface area (Å²) in [6, 6.07) is 0. The van der Waals surface area contributed by atoms with Crippen LogP contribution in [-0.4, -0.2) is 30.0 Å². The van der Waals surface area contributed by atoms with Crippen molar-refractivity contribution in [2.75, 3.05) is 0 Å². The van der Waals surface area contributed by atoms with Gasteiger partial charge in [-0.25, -0.2) is 4.79 Å². The molecule has 0 aliphatic heterocycles. The fourth-order valence-electron chi connectivity index (χ4n) is 0. The first kappa shape index (κ1) is 12.4. The third-order valence-corrected chi connectivity index (χ3v) is 5.51. The molecule has 0 spiro atoms. The fourth-order valence-corrected chi connectivity index (χ4v) is 0. The van der Waals surface area contributed by atoms with Gasteiger partial charge in [0, 0.05) is 0 Å². The fraction of sp³-hybridized carbons (Fsp3) is 0.750. The van der Waals surface area contributed by atoms with Crippen LogP contribution in [0.5, 0.6) is 0 Å². The normalized spacial score (nSPS) is 9.90. The van der Waals surface area contributed by atoms with Crippen LogP contribution in [0, 0.1) is 0 Å². The minimum absolute atomic E-state index is 0.910. The van der Waals surface area contributed by atoms with Crippen LogP contribution >= 0.6 is 0 Å². The number of hydrogen-bond acceptors (Lipinski definition) is 2. The molecule has 0 aliphatic carbocycles. The molecule has 0 rings (SSSR count). The monoisotopic (exact) mass is 181 g/mol. The van der Waals surface area contributed by atoms with E-state index in [1.165, 1.54) is 0 Å². The zero-order valence-electron chi connectivity index (χ0n) is 6.84. The van der Waals surface area contributed by atoms with Gasteiger partial charge in [-0.2, -0.15) is 0 Å². The predicted molar refractivity (Wildman–Crippen MR) is 46.6 cm³/mol. The molecule has 0 saturated heterocycles. The van der Waals surface area contributed by atoms with Crippen LogP contribution < -0.4 is 5.73 Å². The molecule has 0 aromatic heterocycles. The van der Waals surface area contributed by atoms with Gasteiger partial charge in [0.2, 0.25) is 0 Å². The van der Waals surface area contributed by atoms with Crippen LogP contribution in [-0.2, 0) is 4.12 Å². The standard InChI is InChI=1S/C3H12OSi2.CH3NO2/c1-6(2,3)4-5;2-1(3)4/h1-3,5H3;2H2,(H,3,4). The Labute approximate surface area is 65.0 Å². The molecule has 0 bridgehead atoms. The molecule has 0 radical (unpaired) electrons. The molecule has 0 atom stereocenters. The van der Waals surface area contributed by atoms with E-state index in [9.17, 15) is 0 Å². The highest BCUT2D eigenvalue weighted by Crippen LogP contribution is 1.96. The maximum Gasteiger partial charge on any atom is 0.402 e. The minimum Gasteiger partial charge on any atom is -0.465 e. The van der Waals surface area contributed by atoms with Gasteiger partial charge in [0.1, 0.15) is 10.5 Å². The molecule has 6 heteroatoms. The summed E-state index contributed by atoms with van der Waals surface area (Å²) in [4.78, 5) is 8.78. The van der Waals surface area contributed by atoms with Crippen molar-refractivity contribution < 1.29 is 14.0 Å². The Morgan fingerprint density at radius 1 is 1.60 bits per heavy atom. The molecule has 4 nitrogen and oxygen atoms in total. The molecule has 1 amide bonds. The highest BCUT2D eigenvalue weighted by Gasteiger charge is 2.08. The lowest BCUT2D eigenvalue weighted by molar-refractivity contribution is 0.205. The highest BCUT2D eigenvalue weighted by molar-refractivity contribution is 6.72. The molecule has 0 aromatic carbocycles. The summed E-state index contributed by atoms with van der Waals surface area (Å²) < 4.78 is 5.22. The number of carboxylic acid groups (broad SMARTS) is 1. The van der Waals surface area contributed by atoms with E-state index in [1.54, 1.807) is 0 Å². The van der Waals surface area contributed by atoms with Crippen LogP contribution in [0.1, 0.15) is 0 Å². The predicted octanol–water partition coefficient (Wildman–Crippen LogP) is -0.259. The Kier molecular flexibility index (Phi) is 6.73. The minimum atomic E-state index is -1.33. The van der Waals surface area contributed by atoms with Gasteiger partial charge >= 0.3 is 6.09 Å². The Morgan fingerprint density at radius 3 is 1.70 bits per heavy atom. The number of nitrogens with two attached hydrogens (primary N) is 1. The summed E-state index contributed by atoms with van der Waals surface area (Å²) in [6.45, 7) is 6.58.